The molecule has 26 heavy (non-hydrogen) atoms. The number of halogens is 1. The van der Waals surface area contributed by atoms with Crippen LogP contribution in [0.15, 0.2) is 52.6 Å². The molecule has 0 N–H and O–H groups in total. The summed E-state index contributed by atoms with van der Waals surface area (Å²) < 4.78 is 0.998. The second kappa shape index (κ2) is 8.51. The largest absolute Gasteiger partial charge is 0.330 e. The van der Waals surface area contributed by atoms with Crippen LogP contribution < -0.4 is 0 Å². The highest BCUT2D eigenvalue weighted by Gasteiger charge is 2.25. The molecule has 2 heterocycles. The molecule has 0 aliphatic rings. The predicted octanol–water partition coefficient (Wildman–Crippen LogP) is 4.98. The van der Waals surface area contributed by atoms with E-state index in [1.807, 2.05) is 36.1 Å². The molecule has 0 aliphatic carbocycles. The van der Waals surface area contributed by atoms with Gasteiger partial charge in [0.2, 0.25) is 0 Å². The van der Waals surface area contributed by atoms with Crippen molar-refractivity contribution >= 4 is 33.2 Å². The second-order valence-corrected chi connectivity index (χ2v) is 7.52. The average Bonchev–Trinajstić information content (AvgIpc) is 3.16. The molecular formula is C19H19BrN4OS. The van der Waals surface area contributed by atoms with Crippen LogP contribution in [0.3, 0.4) is 0 Å². The van der Waals surface area contributed by atoms with Crippen LogP contribution in [-0.4, -0.2) is 32.3 Å². The molecule has 3 rings (SSSR count). The third-order valence-electron chi connectivity index (χ3n) is 4.03. The van der Waals surface area contributed by atoms with Gasteiger partial charge < -0.3 is 4.90 Å². The van der Waals surface area contributed by atoms with E-state index >= 15 is 0 Å². The van der Waals surface area contributed by atoms with Gasteiger partial charge in [0.05, 0.1) is 6.04 Å². The minimum Gasteiger partial charge on any atom is -0.330 e. The van der Waals surface area contributed by atoms with Gasteiger partial charge in [-0.2, -0.15) is 0 Å². The van der Waals surface area contributed by atoms with Gasteiger partial charge in [0, 0.05) is 28.8 Å². The number of hydrogen-bond donors (Lipinski definition) is 0. The zero-order valence-corrected chi connectivity index (χ0v) is 17.0. The molecule has 1 aromatic carbocycles. The Hall–Kier alpha value is -2.12. The van der Waals surface area contributed by atoms with Crippen molar-refractivity contribution in [2.75, 3.05) is 6.54 Å². The van der Waals surface area contributed by atoms with E-state index in [0.29, 0.717) is 23.1 Å². The van der Waals surface area contributed by atoms with E-state index < -0.39 is 0 Å². The predicted molar refractivity (Wildman–Crippen MR) is 107 cm³/mol. The standard InChI is InChI=1S/C19H19BrN4OS/c1-3-11-24(13(2)14-7-4-5-8-15(14)20)19(25)16-12-26-18(23-16)17-21-9-6-10-22-17/h4-10,12-13H,3,11H2,1-2H3. The first-order chi connectivity index (χ1) is 12.6. The van der Waals surface area contributed by atoms with Gasteiger partial charge in [-0.05, 0) is 31.0 Å². The first kappa shape index (κ1) is 18.7. The summed E-state index contributed by atoms with van der Waals surface area (Å²) in [5.74, 6) is 0.464. The number of carbonyl (C=O) groups is 1. The topological polar surface area (TPSA) is 59.0 Å². The fraction of sp³-hybridized carbons (Fsp3) is 0.263. The molecule has 0 radical (unpaired) electrons. The summed E-state index contributed by atoms with van der Waals surface area (Å²) in [7, 11) is 0. The van der Waals surface area contributed by atoms with Gasteiger partial charge in [-0.1, -0.05) is 41.1 Å². The van der Waals surface area contributed by atoms with Crippen molar-refractivity contribution in [2.24, 2.45) is 0 Å². The average molecular weight is 431 g/mol. The molecule has 134 valence electrons. The van der Waals surface area contributed by atoms with E-state index in [9.17, 15) is 4.79 Å². The number of amides is 1. The van der Waals surface area contributed by atoms with Crippen molar-refractivity contribution in [3.05, 3.63) is 63.8 Å². The van der Waals surface area contributed by atoms with Crippen molar-refractivity contribution in [2.45, 2.75) is 26.3 Å². The molecular weight excluding hydrogens is 412 g/mol. The van der Waals surface area contributed by atoms with Crippen LogP contribution in [0.4, 0.5) is 0 Å². The maximum atomic E-state index is 13.1. The lowest BCUT2D eigenvalue weighted by atomic mass is 10.1. The molecule has 0 saturated heterocycles. The molecule has 0 saturated carbocycles. The molecule has 3 aromatic rings. The van der Waals surface area contributed by atoms with Crippen LogP contribution in [0.25, 0.3) is 10.8 Å². The van der Waals surface area contributed by atoms with E-state index in [1.54, 1.807) is 23.8 Å². The minimum atomic E-state index is -0.0754. The van der Waals surface area contributed by atoms with E-state index in [2.05, 4.69) is 37.8 Å². The van der Waals surface area contributed by atoms with Crippen LogP contribution in [0.5, 0.6) is 0 Å². The fourth-order valence-corrected chi connectivity index (χ4v) is 4.08. The van der Waals surface area contributed by atoms with Gasteiger partial charge in [-0.3, -0.25) is 4.79 Å². The number of rotatable bonds is 6. The Morgan fingerprint density at radius 3 is 2.65 bits per heavy atom. The zero-order chi connectivity index (χ0) is 18.5. The zero-order valence-electron chi connectivity index (χ0n) is 14.6. The smallest absolute Gasteiger partial charge is 0.273 e. The number of carbonyl (C=O) groups excluding carboxylic acids is 1. The number of nitrogens with zero attached hydrogens (tertiary/aromatic N) is 4. The molecule has 0 spiro atoms. The number of aromatic nitrogens is 3. The molecule has 0 bridgehead atoms. The van der Waals surface area contributed by atoms with Crippen molar-refractivity contribution in [3.63, 3.8) is 0 Å². The van der Waals surface area contributed by atoms with Crippen molar-refractivity contribution < 1.29 is 4.79 Å². The number of thiazole rings is 1. The lowest BCUT2D eigenvalue weighted by molar-refractivity contribution is 0.0685. The molecule has 7 heteroatoms. The Morgan fingerprint density at radius 1 is 1.23 bits per heavy atom. The minimum absolute atomic E-state index is 0.0591. The second-order valence-electron chi connectivity index (χ2n) is 5.81. The highest BCUT2D eigenvalue weighted by Crippen LogP contribution is 2.29. The van der Waals surface area contributed by atoms with Crippen LogP contribution >= 0.6 is 27.3 Å². The molecule has 1 atom stereocenters. The maximum absolute atomic E-state index is 13.1. The fourth-order valence-electron chi connectivity index (χ4n) is 2.73. The van der Waals surface area contributed by atoms with E-state index in [0.717, 1.165) is 16.5 Å². The lowest BCUT2D eigenvalue weighted by Gasteiger charge is -2.29. The molecule has 1 unspecified atom stereocenters. The van der Waals surface area contributed by atoms with Crippen LogP contribution in [0.2, 0.25) is 0 Å². The van der Waals surface area contributed by atoms with Crippen LogP contribution in [0, 0.1) is 0 Å². The summed E-state index contributed by atoms with van der Waals surface area (Å²) >= 11 is 4.97. The van der Waals surface area contributed by atoms with Gasteiger partial charge in [0.1, 0.15) is 5.69 Å². The summed E-state index contributed by atoms with van der Waals surface area (Å²) in [4.78, 5) is 27.9. The molecule has 1 amide bonds. The molecule has 0 aliphatic heterocycles. The quantitative estimate of drug-likeness (QED) is 0.553. The van der Waals surface area contributed by atoms with Gasteiger partial charge >= 0.3 is 0 Å². The first-order valence-electron chi connectivity index (χ1n) is 8.40. The Kier molecular flexibility index (Phi) is 6.11. The molecule has 5 nitrogen and oxygen atoms in total. The Balaban J connectivity index is 1.88. The van der Waals surface area contributed by atoms with E-state index in [1.165, 1.54) is 11.3 Å². The van der Waals surface area contributed by atoms with Crippen molar-refractivity contribution in [1.82, 2.24) is 19.9 Å². The molecule has 2 aromatic heterocycles. The van der Waals surface area contributed by atoms with Crippen molar-refractivity contribution in [3.8, 4) is 10.8 Å². The van der Waals surface area contributed by atoms with Gasteiger partial charge in [-0.25, -0.2) is 15.0 Å². The summed E-state index contributed by atoms with van der Waals surface area (Å²) in [6.07, 6.45) is 4.21. The monoisotopic (exact) mass is 430 g/mol. The van der Waals surface area contributed by atoms with Crippen LogP contribution in [0.1, 0.15) is 42.4 Å². The van der Waals surface area contributed by atoms with Gasteiger partial charge in [-0.15, -0.1) is 11.3 Å². The third kappa shape index (κ3) is 3.99. The Morgan fingerprint density at radius 2 is 1.96 bits per heavy atom. The van der Waals surface area contributed by atoms with Crippen LogP contribution in [-0.2, 0) is 0 Å². The highest BCUT2D eigenvalue weighted by atomic mass is 79.9. The summed E-state index contributed by atoms with van der Waals surface area (Å²) in [6.45, 7) is 4.77. The SMILES string of the molecule is CCCN(C(=O)c1csc(-c2ncccn2)n1)C(C)c1ccccc1Br. The maximum Gasteiger partial charge on any atom is 0.273 e. The Bertz CT molecular complexity index is 884. The van der Waals surface area contributed by atoms with Crippen molar-refractivity contribution in [1.29, 1.82) is 0 Å². The number of hydrogen-bond acceptors (Lipinski definition) is 5. The van der Waals surface area contributed by atoms with E-state index in [4.69, 9.17) is 0 Å². The third-order valence-corrected chi connectivity index (χ3v) is 5.59. The van der Waals surface area contributed by atoms with Gasteiger partial charge in [0.25, 0.3) is 5.91 Å². The summed E-state index contributed by atoms with van der Waals surface area (Å²) in [5, 5.41) is 2.43. The highest BCUT2D eigenvalue weighted by molar-refractivity contribution is 9.10. The Labute approximate surface area is 165 Å². The normalized spacial score (nSPS) is 12.0. The number of benzene rings is 1. The van der Waals surface area contributed by atoms with E-state index in [-0.39, 0.29) is 11.9 Å². The first-order valence-corrected chi connectivity index (χ1v) is 10.1. The lowest BCUT2D eigenvalue weighted by Crippen LogP contribution is -2.34. The summed E-state index contributed by atoms with van der Waals surface area (Å²) in [5.41, 5.74) is 1.51. The summed E-state index contributed by atoms with van der Waals surface area (Å²) in [6, 6.07) is 9.68. The van der Waals surface area contributed by atoms with Gasteiger partial charge in [0.15, 0.2) is 10.8 Å². The molecule has 0 fully saturated rings.